The summed E-state index contributed by atoms with van der Waals surface area (Å²) in [7, 11) is 0. The molecule has 0 spiro atoms. The summed E-state index contributed by atoms with van der Waals surface area (Å²) in [6, 6.07) is 6.31. The van der Waals surface area contributed by atoms with E-state index in [0.717, 1.165) is 23.5 Å². The molecule has 0 heterocycles. The number of anilines is 1. The Labute approximate surface area is 138 Å². The number of thiocarbonyl (C=S) groups is 1. The van der Waals surface area contributed by atoms with Crippen LogP contribution in [0.15, 0.2) is 23.1 Å². The molecule has 0 aliphatic heterocycles. The lowest BCUT2D eigenvalue weighted by Crippen LogP contribution is -2.27. The highest BCUT2D eigenvalue weighted by atomic mass is 32.2. The maximum atomic E-state index is 5.97. The zero-order valence-electron chi connectivity index (χ0n) is 13.1. The standard InChI is InChI=1S/C17H26N2S2/c1-3-17(10-5-6-11-17)12-19-13-8-7-9-14(21-4-2)15(13)16(18)20/h7-9,19H,3-6,10-12H2,1-2H3,(H2,18,20). The van der Waals surface area contributed by atoms with Crippen LogP contribution in [0.1, 0.15) is 51.5 Å². The first-order valence-corrected chi connectivity index (χ1v) is 9.31. The van der Waals surface area contributed by atoms with Gasteiger partial charge in [0.15, 0.2) is 0 Å². The first-order chi connectivity index (χ1) is 10.1. The summed E-state index contributed by atoms with van der Waals surface area (Å²) in [4.78, 5) is 1.68. The number of rotatable bonds is 7. The van der Waals surface area contributed by atoms with Crippen LogP contribution in [-0.2, 0) is 0 Å². The molecule has 0 saturated heterocycles. The molecule has 0 unspecified atom stereocenters. The van der Waals surface area contributed by atoms with Gasteiger partial charge in [0.05, 0.1) is 0 Å². The van der Waals surface area contributed by atoms with E-state index >= 15 is 0 Å². The van der Waals surface area contributed by atoms with Crippen molar-refractivity contribution in [2.24, 2.45) is 11.1 Å². The van der Waals surface area contributed by atoms with Gasteiger partial charge in [0.1, 0.15) is 4.99 Å². The van der Waals surface area contributed by atoms with Gasteiger partial charge in [0.25, 0.3) is 0 Å². The van der Waals surface area contributed by atoms with Crippen LogP contribution in [0.5, 0.6) is 0 Å². The van der Waals surface area contributed by atoms with Crippen molar-refractivity contribution < 1.29 is 0 Å². The molecule has 2 nitrogen and oxygen atoms in total. The molecule has 1 aliphatic rings. The third kappa shape index (κ3) is 3.92. The maximum Gasteiger partial charge on any atom is 0.107 e. The van der Waals surface area contributed by atoms with Crippen LogP contribution in [0, 0.1) is 5.41 Å². The minimum Gasteiger partial charge on any atom is -0.389 e. The van der Waals surface area contributed by atoms with E-state index in [9.17, 15) is 0 Å². The predicted octanol–water partition coefficient (Wildman–Crippen LogP) is 4.82. The topological polar surface area (TPSA) is 38.0 Å². The van der Waals surface area contributed by atoms with Gasteiger partial charge >= 0.3 is 0 Å². The first-order valence-electron chi connectivity index (χ1n) is 7.91. The van der Waals surface area contributed by atoms with Crippen LogP contribution in [-0.4, -0.2) is 17.3 Å². The van der Waals surface area contributed by atoms with Crippen molar-refractivity contribution in [1.82, 2.24) is 0 Å². The van der Waals surface area contributed by atoms with Crippen molar-refractivity contribution in [1.29, 1.82) is 0 Å². The van der Waals surface area contributed by atoms with Crippen molar-refractivity contribution in [3.63, 3.8) is 0 Å². The highest BCUT2D eigenvalue weighted by Crippen LogP contribution is 2.41. The lowest BCUT2D eigenvalue weighted by Gasteiger charge is -2.29. The molecular weight excluding hydrogens is 296 g/mol. The van der Waals surface area contributed by atoms with Crippen molar-refractivity contribution in [3.05, 3.63) is 23.8 Å². The van der Waals surface area contributed by atoms with Crippen molar-refractivity contribution >= 4 is 34.7 Å². The van der Waals surface area contributed by atoms with Crippen molar-refractivity contribution in [2.45, 2.75) is 50.8 Å². The SMILES string of the molecule is CCSc1cccc(NCC2(CC)CCCC2)c1C(N)=S. The zero-order chi connectivity index (χ0) is 15.3. The summed E-state index contributed by atoms with van der Waals surface area (Å²) in [5.74, 6) is 1.03. The Hall–Kier alpha value is -0.740. The molecular formula is C17H26N2S2. The van der Waals surface area contributed by atoms with Crippen LogP contribution in [0.25, 0.3) is 0 Å². The number of nitrogens with one attached hydrogen (secondary N) is 1. The molecule has 4 heteroatoms. The average molecular weight is 323 g/mol. The molecule has 1 aliphatic carbocycles. The number of benzene rings is 1. The molecule has 1 fully saturated rings. The molecule has 21 heavy (non-hydrogen) atoms. The summed E-state index contributed by atoms with van der Waals surface area (Å²) in [5, 5.41) is 3.65. The smallest absolute Gasteiger partial charge is 0.107 e. The second kappa shape index (κ2) is 7.50. The summed E-state index contributed by atoms with van der Waals surface area (Å²) in [6.07, 6.45) is 6.64. The van der Waals surface area contributed by atoms with Crippen LogP contribution in [0.4, 0.5) is 5.69 Å². The molecule has 0 radical (unpaired) electrons. The van der Waals surface area contributed by atoms with E-state index in [1.54, 1.807) is 11.8 Å². The van der Waals surface area contributed by atoms with E-state index in [4.69, 9.17) is 18.0 Å². The second-order valence-corrected chi connectivity index (χ2v) is 7.64. The summed E-state index contributed by atoms with van der Waals surface area (Å²) >= 11 is 7.08. The molecule has 0 aromatic heterocycles. The number of hydrogen-bond acceptors (Lipinski definition) is 3. The molecule has 0 bridgehead atoms. The van der Waals surface area contributed by atoms with E-state index in [1.165, 1.54) is 37.0 Å². The summed E-state index contributed by atoms with van der Waals surface area (Å²) in [5.41, 5.74) is 8.55. The van der Waals surface area contributed by atoms with E-state index in [0.29, 0.717) is 10.4 Å². The van der Waals surface area contributed by atoms with Gasteiger partial charge < -0.3 is 11.1 Å². The Morgan fingerprint density at radius 3 is 2.62 bits per heavy atom. The van der Waals surface area contributed by atoms with Gasteiger partial charge in [-0.3, -0.25) is 0 Å². The van der Waals surface area contributed by atoms with E-state index < -0.39 is 0 Å². The fourth-order valence-corrected chi connectivity index (χ4v) is 4.41. The van der Waals surface area contributed by atoms with Gasteiger partial charge in [-0.05, 0) is 42.6 Å². The minimum absolute atomic E-state index is 0.460. The van der Waals surface area contributed by atoms with Crippen LogP contribution >= 0.6 is 24.0 Å². The molecule has 0 amide bonds. The first kappa shape index (κ1) is 16.6. The highest BCUT2D eigenvalue weighted by molar-refractivity contribution is 7.99. The third-order valence-electron chi connectivity index (χ3n) is 4.64. The Morgan fingerprint density at radius 1 is 1.33 bits per heavy atom. The number of hydrogen-bond donors (Lipinski definition) is 2. The molecule has 1 aromatic rings. The Balaban J connectivity index is 2.19. The average Bonchev–Trinajstić information content (AvgIpc) is 2.95. The lowest BCUT2D eigenvalue weighted by atomic mass is 9.83. The van der Waals surface area contributed by atoms with Gasteiger partial charge in [0.2, 0.25) is 0 Å². The minimum atomic E-state index is 0.460. The largest absolute Gasteiger partial charge is 0.389 e. The predicted molar refractivity (Wildman–Crippen MR) is 98.4 cm³/mol. The second-order valence-electron chi connectivity index (χ2n) is 5.89. The Kier molecular flexibility index (Phi) is 5.94. The van der Waals surface area contributed by atoms with E-state index in [-0.39, 0.29) is 0 Å². The Bertz CT molecular complexity index is 494. The van der Waals surface area contributed by atoms with Crippen molar-refractivity contribution in [2.75, 3.05) is 17.6 Å². The normalized spacial score (nSPS) is 16.9. The lowest BCUT2D eigenvalue weighted by molar-refractivity contribution is 0.307. The highest BCUT2D eigenvalue weighted by Gasteiger charge is 2.31. The van der Waals surface area contributed by atoms with Gasteiger partial charge in [-0.15, -0.1) is 11.8 Å². The Morgan fingerprint density at radius 2 is 2.05 bits per heavy atom. The monoisotopic (exact) mass is 322 g/mol. The molecule has 3 N–H and O–H groups in total. The number of nitrogens with two attached hydrogens (primary N) is 1. The van der Waals surface area contributed by atoms with Gasteiger partial charge in [-0.1, -0.05) is 45.0 Å². The molecule has 116 valence electrons. The summed E-state index contributed by atoms with van der Waals surface area (Å²) < 4.78 is 0. The van der Waals surface area contributed by atoms with Gasteiger partial charge in [-0.25, -0.2) is 0 Å². The summed E-state index contributed by atoms with van der Waals surface area (Å²) in [6.45, 7) is 5.49. The quantitative estimate of drug-likeness (QED) is 0.558. The molecule has 1 aromatic carbocycles. The van der Waals surface area contributed by atoms with Crippen molar-refractivity contribution in [3.8, 4) is 0 Å². The fraction of sp³-hybridized carbons (Fsp3) is 0.588. The molecule has 0 atom stereocenters. The van der Waals surface area contributed by atoms with Gasteiger partial charge in [-0.2, -0.15) is 0 Å². The fourth-order valence-electron chi connectivity index (χ4n) is 3.27. The van der Waals surface area contributed by atoms with E-state index in [1.807, 2.05) is 0 Å². The van der Waals surface area contributed by atoms with Gasteiger partial charge in [0, 0.05) is 22.7 Å². The third-order valence-corrected chi connectivity index (χ3v) is 5.78. The van der Waals surface area contributed by atoms with Crippen LogP contribution in [0.3, 0.4) is 0 Å². The van der Waals surface area contributed by atoms with E-state index in [2.05, 4.69) is 37.4 Å². The molecule has 1 saturated carbocycles. The van der Waals surface area contributed by atoms with Crippen LogP contribution in [0.2, 0.25) is 0 Å². The molecule has 2 rings (SSSR count). The van der Waals surface area contributed by atoms with Crippen LogP contribution < -0.4 is 11.1 Å². The number of thioether (sulfide) groups is 1. The zero-order valence-corrected chi connectivity index (χ0v) is 14.7. The maximum absolute atomic E-state index is 5.97.